The van der Waals surface area contributed by atoms with Crippen molar-refractivity contribution in [3.63, 3.8) is 0 Å². The Labute approximate surface area is 122 Å². The molecule has 0 fully saturated rings. The molecule has 1 aromatic carbocycles. The monoisotopic (exact) mass is 307 g/mol. The third-order valence-corrected chi connectivity index (χ3v) is 4.64. The van der Waals surface area contributed by atoms with Crippen LogP contribution >= 0.6 is 0 Å². The van der Waals surface area contributed by atoms with Crippen molar-refractivity contribution in [1.82, 2.24) is 9.29 Å². The number of hydrogen-bond donors (Lipinski definition) is 1. The summed E-state index contributed by atoms with van der Waals surface area (Å²) in [5.74, 6) is -0.653. The summed E-state index contributed by atoms with van der Waals surface area (Å²) < 4.78 is 41.7. The lowest BCUT2D eigenvalue weighted by molar-refractivity contribution is 0.580. The molecule has 1 N–H and O–H groups in total. The van der Waals surface area contributed by atoms with E-state index in [2.05, 4.69) is 4.72 Å². The molecule has 1 aromatic heterocycles. The summed E-state index contributed by atoms with van der Waals surface area (Å²) in [5, 5.41) is 8.91. The first-order chi connectivity index (χ1) is 9.90. The molecule has 1 heterocycles. The van der Waals surface area contributed by atoms with E-state index in [4.69, 9.17) is 5.26 Å². The van der Waals surface area contributed by atoms with Crippen LogP contribution in [0.2, 0.25) is 0 Å². The van der Waals surface area contributed by atoms with Gasteiger partial charge in [0.25, 0.3) is 0 Å². The summed E-state index contributed by atoms with van der Waals surface area (Å²) in [6.45, 7) is 1.88. The number of nitrogens with one attached hydrogen (secondary N) is 1. The van der Waals surface area contributed by atoms with Crippen LogP contribution in [-0.4, -0.2) is 19.5 Å². The van der Waals surface area contributed by atoms with Gasteiger partial charge in [-0.15, -0.1) is 0 Å². The van der Waals surface area contributed by atoms with Crippen LogP contribution in [0.5, 0.6) is 0 Å². The minimum atomic E-state index is -3.69. The number of halogens is 1. The van der Waals surface area contributed by atoms with Crippen molar-refractivity contribution < 1.29 is 12.8 Å². The highest BCUT2D eigenvalue weighted by Gasteiger charge is 2.17. The zero-order valence-electron chi connectivity index (χ0n) is 11.6. The number of hydrogen-bond acceptors (Lipinski definition) is 3. The van der Waals surface area contributed by atoms with Gasteiger partial charge in [0, 0.05) is 19.2 Å². The highest BCUT2D eigenvalue weighted by Crippen LogP contribution is 2.26. The van der Waals surface area contributed by atoms with Gasteiger partial charge in [0.05, 0.1) is 10.6 Å². The van der Waals surface area contributed by atoms with Crippen LogP contribution in [0.25, 0.3) is 11.3 Å². The zero-order valence-corrected chi connectivity index (χ0v) is 12.4. The lowest BCUT2D eigenvalue weighted by Crippen LogP contribution is -2.23. The number of benzene rings is 1. The average Bonchev–Trinajstić information content (AvgIpc) is 2.79. The second-order valence-corrected chi connectivity index (χ2v) is 6.18. The van der Waals surface area contributed by atoms with Crippen molar-refractivity contribution in [1.29, 1.82) is 5.26 Å². The molecule has 2 rings (SSSR count). The van der Waals surface area contributed by atoms with Gasteiger partial charge >= 0.3 is 0 Å². The van der Waals surface area contributed by atoms with Crippen LogP contribution in [0.15, 0.2) is 35.2 Å². The summed E-state index contributed by atoms with van der Waals surface area (Å²) in [6.07, 6.45) is 0. The number of sulfonamides is 1. The Morgan fingerprint density at radius 3 is 2.57 bits per heavy atom. The predicted molar refractivity (Wildman–Crippen MR) is 76.4 cm³/mol. The Balaban J connectivity index is 2.50. The molecule has 0 spiro atoms. The molecule has 21 heavy (non-hydrogen) atoms. The minimum absolute atomic E-state index is 0.125. The van der Waals surface area contributed by atoms with Crippen molar-refractivity contribution in [3.8, 4) is 17.3 Å². The fraction of sp³-hybridized carbons (Fsp3) is 0.214. The largest absolute Gasteiger partial charge is 0.335 e. The SMILES string of the molecule is CCNS(=O)(=O)c1ccc(-c2ccc(C#N)n2C)c(F)c1. The zero-order chi connectivity index (χ0) is 15.6. The molecular formula is C14H14FN3O2S. The maximum absolute atomic E-state index is 14.2. The van der Waals surface area contributed by atoms with E-state index in [1.54, 1.807) is 30.7 Å². The Bertz CT molecular complexity index is 819. The van der Waals surface area contributed by atoms with Crippen LogP contribution in [-0.2, 0) is 17.1 Å². The van der Waals surface area contributed by atoms with E-state index < -0.39 is 15.8 Å². The standard InChI is InChI=1S/C14H14FN3O2S/c1-3-17-21(19,20)11-5-6-12(13(15)8-11)14-7-4-10(9-16)18(14)2/h4-8,17H,3H2,1-2H3. The molecule has 0 aliphatic carbocycles. The van der Waals surface area contributed by atoms with Gasteiger partial charge in [-0.25, -0.2) is 17.5 Å². The maximum Gasteiger partial charge on any atom is 0.240 e. The third-order valence-electron chi connectivity index (χ3n) is 3.10. The third kappa shape index (κ3) is 2.82. The molecule has 0 saturated heterocycles. The van der Waals surface area contributed by atoms with Crippen LogP contribution in [0, 0.1) is 17.1 Å². The van der Waals surface area contributed by atoms with Gasteiger partial charge in [-0.05, 0) is 30.3 Å². The van der Waals surface area contributed by atoms with Gasteiger partial charge in [-0.2, -0.15) is 5.26 Å². The maximum atomic E-state index is 14.2. The number of rotatable bonds is 4. The minimum Gasteiger partial charge on any atom is -0.335 e. The topological polar surface area (TPSA) is 74.9 Å². The molecule has 0 unspecified atom stereocenters. The van der Waals surface area contributed by atoms with Crippen molar-refractivity contribution >= 4 is 10.0 Å². The highest BCUT2D eigenvalue weighted by molar-refractivity contribution is 7.89. The van der Waals surface area contributed by atoms with Crippen LogP contribution in [0.3, 0.4) is 0 Å². The lowest BCUT2D eigenvalue weighted by atomic mass is 10.1. The van der Waals surface area contributed by atoms with E-state index in [1.807, 2.05) is 6.07 Å². The molecule has 7 heteroatoms. The Hall–Kier alpha value is -2.17. The first kappa shape index (κ1) is 15.2. The van der Waals surface area contributed by atoms with Gasteiger partial charge in [-0.3, -0.25) is 0 Å². The molecule has 0 bridgehead atoms. The van der Waals surface area contributed by atoms with E-state index in [9.17, 15) is 12.8 Å². The molecule has 2 aromatic rings. The molecule has 0 atom stereocenters. The first-order valence-corrected chi connectivity index (χ1v) is 7.74. The quantitative estimate of drug-likeness (QED) is 0.938. The van der Waals surface area contributed by atoms with E-state index >= 15 is 0 Å². The van der Waals surface area contributed by atoms with Gasteiger partial charge in [-0.1, -0.05) is 6.92 Å². The summed E-state index contributed by atoms with van der Waals surface area (Å²) >= 11 is 0. The summed E-state index contributed by atoms with van der Waals surface area (Å²) in [5.41, 5.74) is 1.15. The second kappa shape index (κ2) is 5.68. The normalized spacial score (nSPS) is 11.3. The molecule has 0 radical (unpaired) electrons. The summed E-state index contributed by atoms with van der Waals surface area (Å²) in [7, 11) is -2.04. The Morgan fingerprint density at radius 1 is 1.33 bits per heavy atom. The van der Waals surface area contributed by atoms with Crippen molar-refractivity contribution in [2.45, 2.75) is 11.8 Å². The van der Waals surface area contributed by atoms with Gasteiger partial charge in [0.2, 0.25) is 10.0 Å². The number of aromatic nitrogens is 1. The van der Waals surface area contributed by atoms with Crippen LogP contribution < -0.4 is 4.72 Å². The smallest absolute Gasteiger partial charge is 0.240 e. The van der Waals surface area contributed by atoms with E-state index in [1.165, 1.54) is 12.1 Å². The second-order valence-electron chi connectivity index (χ2n) is 4.42. The van der Waals surface area contributed by atoms with Gasteiger partial charge in [0.1, 0.15) is 17.6 Å². The molecule has 0 saturated carbocycles. The molecular weight excluding hydrogens is 293 g/mol. The molecule has 110 valence electrons. The average molecular weight is 307 g/mol. The van der Waals surface area contributed by atoms with E-state index in [0.29, 0.717) is 11.4 Å². The lowest BCUT2D eigenvalue weighted by Gasteiger charge is -2.09. The van der Waals surface area contributed by atoms with E-state index in [-0.39, 0.29) is 17.0 Å². The fourth-order valence-electron chi connectivity index (χ4n) is 2.04. The van der Waals surface area contributed by atoms with Gasteiger partial charge in [0.15, 0.2) is 0 Å². The van der Waals surface area contributed by atoms with E-state index in [0.717, 1.165) is 6.07 Å². The Kier molecular flexibility index (Phi) is 4.11. The van der Waals surface area contributed by atoms with Crippen LogP contribution in [0.4, 0.5) is 4.39 Å². The number of nitrogens with zero attached hydrogens (tertiary/aromatic N) is 2. The van der Waals surface area contributed by atoms with Crippen molar-refractivity contribution in [2.75, 3.05) is 6.54 Å². The van der Waals surface area contributed by atoms with Crippen LogP contribution in [0.1, 0.15) is 12.6 Å². The molecule has 0 aliphatic heterocycles. The fourth-order valence-corrected chi connectivity index (χ4v) is 3.09. The predicted octanol–water partition coefficient (Wildman–Crippen LogP) is 2.00. The number of nitriles is 1. The van der Waals surface area contributed by atoms with Crippen molar-refractivity contribution in [3.05, 3.63) is 41.8 Å². The summed E-state index contributed by atoms with van der Waals surface area (Å²) in [6, 6.07) is 8.91. The molecule has 5 nitrogen and oxygen atoms in total. The van der Waals surface area contributed by atoms with Gasteiger partial charge < -0.3 is 4.57 Å². The highest BCUT2D eigenvalue weighted by atomic mass is 32.2. The van der Waals surface area contributed by atoms with Crippen molar-refractivity contribution in [2.24, 2.45) is 7.05 Å². The molecule has 0 aliphatic rings. The summed E-state index contributed by atoms with van der Waals surface area (Å²) in [4.78, 5) is -0.125. The first-order valence-electron chi connectivity index (χ1n) is 6.26. The molecule has 0 amide bonds. The Morgan fingerprint density at radius 2 is 2.05 bits per heavy atom.